The summed E-state index contributed by atoms with van der Waals surface area (Å²) in [7, 11) is 0. The lowest BCUT2D eigenvalue weighted by Gasteiger charge is -1.95. The van der Waals surface area contributed by atoms with Crippen molar-refractivity contribution in [3.8, 4) is 20.3 Å². The molecule has 0 unspecified atom stereocenters. The third kappa shape index (κ3) is 2.43. The predicted octanol–water partition coefficient (Wildman–Crippen LogP) is 5.14. The van der Waals surface area contributed by atoms with Crippen molar-refractivity contribution < 1.29 is 0 Å². The topological polar surface area (TPSA) is 12.9 Å². The predicted molar refractivity (Wildman–Crippen MR) is 83.6 cm³/mol. The van der Waals surface area contributed by atoms with Crippen LogP contribution < -0.4 is 0 Å². The summed E-state index contributed by atoms with van der Waals surface area (Å²) >= 11 is 5.84. The summed E-state index contributed by atoms with van der Waals surface area (Å²) in [6.07, 6.45) is 1.90. The molecule has 0 fully saturated rings. The second kappa shape index (κ2) is 4.88. The third-order valence-corrected chi connectivity index (χ3v) is 5.16. The van der Waals surface area contributed by atoms with Crippen LogP contribution in [0.1, 0.15) is 0 Å². The van der Waals surface area contributed by atoms with Crippen LogP contribution in [0.15, 0.2) is 48.0 Å². The SMILES string of the molecule is Ic1ccc(-c2ccc(-c3cccs3)s2)nc1. The molecule has 3 rings (SSSR count). The molecule has 0 N–H and O–H groups in total. The smallest absolute Gasteiger partial charge is 0.0802 e. The Morgan fingerprint density at radius 3 is 2.53 bits per heavy atom. The van der Waals surface area contributed by atoms with Crippen molar-refractivity contribution >= 4 is 45.3 Å². The largest absolute Gasteiger partial charge is 0.254 e. The van der Waals surface area contributed by atoms with Gasteiger partial charge in [0, 0.05) is 19.5 Å². The summed E-state index contributed by atoms with van der Waals surface area (Å²) in [4.78, 5) is 8.32. The van der Waals surface area contributed by atoms with Gasteiger partial charge in [0.25, 0.3) is 0 Å². The van der Waals surface area contributed by atoms with Gasteiger partial charge in [-0.1, -0.05) is 6.07 Å². The molecule has 0 aliphatic rings. The van der Waals surface area contributed by atoms with Crippen molar-refractivity contribution in [3.05, 3.63) is 51.5 Å². The number of halogens is 1. The highest BCUT2D eigenvalue weighted by molar-refractivity contribution is 14.1. The van der Waals surface area contributed by atoms with Gasteiger partial charge in [0.05, 0.1) is 10.6 Å². The number of pyridine rings is 1. The quantitative estimate of drug-likeness (QED) is 0.570. The van der Waals surface area contributed by atoms with Gasteiger partial charge in [0.15, 0.2) is 0 Å². The summed E-state index contributed by atoms with van der Waals surface area (Å²) in [5.74, 6) is 0. The Hall–Kier alpha value is -0.720. The Kier molecular flexibility index (Phi) is 3.26. The average Bonchev–Trinajstić information content (AvgIpc) is 3.00. The van der Waals surface area contributed by atoms with E-state index in [4.69, 9.17) is 0 Å². The molecule has 0 saturated carbocycles. The Balaban J connectivity index is 1.98. The van der Waals surface area contributed by atoms with Crippen molar-refractivity contribution in [1.29, 1.82) is 0 Å². The summed E-state index contributed by atoms with van der Waals surface area (Å²) in [6, 6.07) is 12.7. The Morgan fingerprint density at radius 1 is 0.941 bits per heavy atom. The van der Waals surface area contributed by atoms with E-state index in [1.54, 1.807) is 22.7 Å². The Bertz CT molecular complexity index is 611. The van der Waals surface area contributed by atoms with Gasteiger partial charge < -0.3 is 0 Å². The van der Waals surface area contributed by atoms with Crippen molar-refractivity contribution in [2.45, 2.75) is 0 Å². The fourth-order valence-electron chi connectivity index (χ4n) is 1.55. The summed E-state index contributed by atoms with van der Waals surface area (Å²) in [6.45, 7) is 0. The average molecular weight is 369 g/mol. The van der Waals surface area contributed by atoms with Crippen molar-refractivity contribution in [2.75, 3.05) is 0 Å². The van der Waals surface area contributed by atoms with Crippen molar-refractivity contribution in [1.82, 2.24) is 4.98 Å². The van der Waals surface area contributed by atoms with E-state index >= 15 is 0 Å². The maximum atomic E-state index is 4.45. The molecule has 0 amide bonds. The van der Waals surface area contributed by atoms with E-state index in [0.29, 0.717) is 0 Å². The highest BCUT2D eigenvalue weighted by Gasteiger charge is 2.06. The summed E-state index contributed by atoms with van der Waals surface area (Å²) in [5.41, 5.74) is 1.05. The van der Waals surface area contributed by atoms with Crippen LogP contribution in [0.2, 0.25) is 0 Å². The van der Waals surface area contributed by atoms with Crippen LogP contribution >= 0.6 is 45.3 Å². The van der Waals surface area contributed by atoms with Crippen LogP contribution in [0.5, 0.6) is 0 Å². The first-order valence-electron chi connectivity index (χ1n) is 5.08. The standard InChI is InChI=1S/C13H8INS2/c14-9-3-4-10(15-8-9)11-5-6-13(17-11)12-2-1-7-16-12/h1-8H. The number of nitrogens with zero attached hydrogens (tertiary/aromatic N) is 1. The highest BCUT2D eigenvalue weighted by Crippen LogP contribution is 2.35. The van der Waals surface area contributed by atoms with E-state index < -0.39 is 0 Å². The molecule has 3 aromatic rings. The maximum absolute atomic E-state index is 4.45. The molecule has 3 aromatic heterocycles. The number of hydrogen-bond acceptors (Lipinski definition) is 3. The van der Waals surface area contributed by atoms with Crippen molar-refractivity contribution in [2.24, 2.45) is 0 Å². The lowest BCUT2D eigenvalue weighted by molar-refractivity contribution is 1.32. The molecule has 0 bridgehead atoms. The lowest BCUT2D eigenvalue weighted by atomic mass is 10.3. The summed E-state index contributed by atoms with van der Waals surface area (Å²) in [5, 5.41) is 2.11. The second-order valence-electron chi connectivity index (χ2n) is 3.50. The zero-order valence-electron chi connectivity index (χ0n) is 8.76. The van der Waals surface area contributed by atoms with Crippen LogP contribution in [0, 0.1) is 3.57 Å². The first-order valence-corrected chi connectivity index (χ1v) is 7.86. The molecule has 0 aromatic carbocycles. The van der Waals surface area contributed by atoms with Crippen molar-refractivity contribution in [3.63, 3.8) is 0 Å². The molecule has 0 spiro atoms. The van der Waals surface area contributed by atoms with Crippen LogP contribution in [-0.2, 0) is 0 Å². The Labute approximate surface area is 121 Å². The molecule has 17 heavy (non-hydrogen) atoms. The minimum absolute atomic E-state index is 1.05. The fraction of sp³-hybridized carbons (Fsp3) is 0. The molecule has 1 nitrogen and oxygen atoms in total. The van der Waals surface area contributed by atoms with Gasteiger partial charge in [0.2, 0.25) is 0 Å². The van der Waals surface area contributed by atoms with Gasteiger partial charge >= 0.3 is 0 Å². The van der Waals surface area contributed by atoms with Gasteiger partial charge in [-0.25, -0.2) is 0 Å². The normalized spacial score (nSPS) is 10.6. The van der Waals surface area contributed by atoms with E-state index in [-0.39, 0.29) is 0 Å². The first-order chi connectivity index (χ1) is 8.33. The minimum atomic E-state index is 1.05. The van der Waals surface area contributed by atoms with E-state index in [1.165, 1.54) is 18.2 Å². The van der Waals surface area contributed by atoms with Crippen LogP contribution in [-0.4, -0.2) is 4.98 Å². The Morgan fingerprint density at radius 2 is 1.82 bits per heavy atom. The van der Waals surface area contributed by atoms with E-state index in [2.05, 4.69) is 69.4 Å². The number of rotatable bonds is 2. The van der Waals surface area contributed by atoms with Crippen LogP contribution in [0.25, 0.3) is 20.3 Å². The molecule has 0 saturated heterocycles. The fourth-order valence-corrected chi connectivity index (χ4v) is 3.68. The molecule has 0 aliphatic carbocycles. The van der Waals surface area contributed by atoms with Gasteiger partial charge in [-0.05, 0) is 58.3 Å². The van der Waals surface area contributed by atoms with Crippen LogP contribution in [0.3, 0.4) is 0 Å². The first kappa shape index (κ1) is 11.4. The van der Waals surface area contributed by atoms with Gasteiger partial charge in [-0.15, -0.1) is 22.7 Å². The lowest BCUT2D eigenvalue weighted by Crippen LogP contribution is -1.79. The maximum Gasteiger partial charge on any atom is 0.0802 e. The zero-order valence-corrected chi connectivity index (χ0v) is 12.6. The molecule has 0 atom stereocenters. The summed E-state index contributed by atoms with van der Waals surface area (Å²) < 4.78 is 1.17. The monoisotopic (exact) mass is 369 g/mol. The second-order valence-corrected chi connectivity index (χ2v) is 6.78. The molecular weight excluding hydrogens is 361 g/mol. The van der Waals surface area contributed by atoms with E-state index in [9.17, 15) is 0 Å². The minimum Gasteiger partial charge on any atom is -0.254 e. The molecule has 3 heterocycles. The van der Waals surface area contributed by atoms with E-state index in [1.807, 2.05) is 6.20 Å². The molecule has 84 valence electrons. The molecule has 0 aliphatic heterocycles. The van der Waals surface area contributed by atoms with Gasteiger partial charge in [0.1, 0.15) is 0 Å². The number of hydrogen-bond donors (Lipinski definition) is 0. The highest BCUT2D eigenvalue weighted by atomic mass is 127. The van der Waals surface area contributed by atoms with Gasteiger partial charge in [-0.2, -0.15) is 0 Å². The van der Waals surface area contributed by atoms with Crippen LogP contribution in [0.4, 0.5) is 0 Å². The molecule has 4 heteroatoms. The zero-order chi connectivity index (χ0) is 11.7. The number of aromatic nitrogens is 1. The third-order valence-electron chi connectivity index (χ3n) is 2.35. The molecule has 0 radical (unpaired) electrons. The van der Waals surface area contributed by atoms with E-state index in [0.717, 1.165) is 5.69 Å². The van der Waals surface area contributed by atoms with Gasteiger partial charge in [-0.3, -0.25) is 4.98 Å². The molecular formula is C13H8INS2. The number of thiophene rings is 2.